The highest BCUT2D eigenvalue weighted by atomic mass is 16.4. The number of carboxylic acids is 1. The monoisotopic (exact) mass is 199 g/mol. The first-order valence-corrected chi connectivity index (χ1v) is 5.57. The number of hydrogen-bond acceptors (Lipinski definition) is 2. The van der Waals surface area contributed by atoms with E-state index in [1.54, 1.807) is 7.05 Å². The Bertz CT molecular complexity index is 195. The number of carboxylic acid groups (broad SMARTS) is 1. The number of aliphatic carboxylic acids is 1. The van der Waals surface area contributed by atoms with E-state index in [-0.39, 0.29) is 0 Å². The molecule has 0 amide bonds. The molecule has 0 unspecified atom stereocenters. The largest absolute Gasteiger partial charge is 0.480 e. The molecule has 0 saturated heterocycles. The van der Waals surface area contributed by atoms with E-state index in [9.17, 15) is 4.79 Å². The lowest BCUT2D eigenvalue weighted by atomic mass is 9.75. The van der Waals surface area contributed by atoms with Gasteiger partial charge in [0.05, 0.1) is 0 Å². The summed E-state index contributed by atoms with van der Waals surface area (Å²) in [4.78, 5) is 11.1. The van der Waals surface area contributed by atoms with Crippen LogP contribution in [0.25, 0.3) is 0 Å². The molecule has 0 spiro atoms. The van der Waals surface area contributed by atoms with Crippen LogP contribution in [-0.4, -0.2) is 23.7 Å². The fourth-order valence-corrected chi connectivity index (χ4v) is 2.44. The Morgan fingerprint density at radius 1 is 1.50 bits per heavy atom. The van der Waals surface area contributed by atoms with Gasteiger partial charge < -0.3 is 10.4 Å². The summed E-state index contributed by atoms with van der Waals surface area (Å²) < 4.78 is 0. The van der Waals surface area contributed by atoms with Gasteiger partial charge in [0.2, 0.25) is 0 Å². The highest BCUT2D eigenvalue weighted by Gasteiger charge is 2.40. The SMILES string of the molecule is CCCC1CCC(NC)(C(=O)O)CC1. The van der Waals surface area contributed by atoms with Gasteiger partial charge in [0.1, 0.15) is 5.54 Å². The van der Waals surface area contributed by atoms with Crippen molar-refractivity contribution < 1.29 is 9.90 Å². The van der Waals surface area contributed by atoms with Gasteiger partial charge in [-0.05, 0) is 38.6 Å². The minimum atomic E-state index is -0.685. The average Bonchev–Trinajstić information content (AvgIpc) is 2.19. The molecule has 14 heavy (non-hydrogen) atoms. The number of hydrogen-bond donors (Lipinski definition) is 2. The molecule has 1 saturated carbocycles. The van der Waals surface area contributed by atoms with E-state index in [0.717, 1.165) is 31.6 Å². The lowest BCUT2D eigenvalue weighted by molar-refractivity contribution is -0.146. The van der Waals surface area contributed by atoms with E-state index in [1.807, 2.05) is 0 Å². The van der Waals surface area contributed by atoms with Crippen LogP contribution in [0.1, 0.15) is 45.4 Å². The Morgan fingerprint density at radius 3 is 2.43 bits per heavy atom. The van der Waals surface area contributed by atoms with Gasteiger partial charge in [0.15, 0.2) is 0 Å². The number of likely N-dealkylation sites (N-methyl/N-ethyl adjacent to an activating group) is 1. The molecule has 1 aliphatic carbocycles. The Kier molecular flexibility index (Phi) is 3.93. The molecule has 82 valence electrons. The van der Waals surface area contributed by atoms with Crippen molar-refractivity contribution in [3.8, 4) is 0 Å². The molecule has 1 aliphatic rings. The standard InChI is InChI=1S/C11H21NO2/c1-3-4-9-5-7-11(12-2,8-6-9)10(13)14/h9,12H,3-8H2,1-2H3,(H,13,14). The van der Waals surface area contributed by atoms with E-state index in [1.165, 1.54) is 12.8 Å². The Hall–Kier alpha value is -0.570. The van der Waals surface area contributed by atoms with Gasteiger partial charge in [0.25, 0.3) is 0 Å². The topological polar surface area (TPSA) is 49.3 Å². The van der Waals surface area contributed by atoms with Crippen LogP contribution < -0.4 is 5.32 Å². The Balaban J connectivity index is 2.50. The second-order valence-electron chi connectivity index (χ2n) is 4.37. The molecule has 0 heterocycles. The van der Waals surface area contributed by atoms with Gasteiger partial charge >= 0.3 is 5.97 Å². The first-order valence-electron chi connectivity index (χ1n) is 5.57. The third-order valence-electron chi connectivity index (χ3n) is 3.54. The molecule has 0 atom stereocenters. The van der Waals surface area contributed by atoms with Crippen LogP contribution in [0.3, 0.4) is 0 Å². The van der Waals surface area contributed by atoms with Crippen molar-refractivity contribution in [2.75, 3.05) is 7.05 Å². The van der Waals surface area contributed by atoms with Crippen LogP contribution in [-0.2, 0) is 4.79 Å². The maximum atomic E-state index is 11.1. The Labute approximate surface area is 85.9 Å². The summed E-state index contributed by atoms with van der Waals surface area (Å²) >= 11 is 0. The number of rotatable bonds is 4. The molecule has 0 aliphatic heterocycles. The van der Waals surface area contributed by atoms with Gasteiger partial charge in [-0.2, -0.15) is 0 Å². The highest BCUT2D eigenvalue weighted by molar-refractivity contribution is 5.78. The third kappa shape index (κ3) is 2.27. The maximum Gasteiger partial charge on any atom is 0.323 e. The van der Waals surface area contributed by atoms with E-state index in [0.29, 0.717) is 0 Å². The average molecular weight is 199 g/mol. The van der Waals surface area contributed by atoms with Crippen LogP contribution in [0.2, 0.25) is 0 Å². The molecular weight excluding hydrogens is 178 g/mol. The summed E-state index contributed by atoms with van der Waals surface area (Å²) in [6, 6.07) is 0. The second kappa shape index (κ2) is 4.78. The van der Waals surface area contributed by atoms with Crippen LogP contribution in [0, 0.1) is 5.92 Å². The molecule has 0 aromatic heterocycles. The number of nitrogens with one attached hydrogen (secondary N) is 1. The zero-order valence-electron chi connectivity index (χ0n) is 9.18. The Morgan fingerprint density at radius 2 is 2.07 bits per heavy atom. The zero-order valence-corrected chi connectivity index (χ0v) is 9.18. The molecule has 0 bridgehead atoms. The molecule has 3 heteroatoms. The first kappa shape index (κ1) is 11.5. The molecule has 0 radical (unpaired) electrons. The van der Waals surface area contributed by atoms with Crippen molar-refractivity contribution in [2.45, 2.75) is 51.0 Å². The molecule has 1 rings (SSSR count). The van der Waals surface area contributed by atoms with Crippen molar-refractivity contribution in [2.24, 2.45) is 5.92 Å². The predicted octanol–water partition coefficient (Wildman–Crippen LogP) is 2.02. The van der Waals surface area contributed by atoms with Gasteiger partial charge in [-0.1, -0.05) is 19.8 Å². The normalized spacial score (nSPS) is 32.9. The minimum Gasteiger partial charge on any atom is -0.480 e. The van der Waals surface area contributed by atoms with Crippen LogP contribution in [0.5, 0.6) is 0 Å². The lowest BCUT2D eigenvalue weighted by Crippen LogP contribution is -2.52. The second-order valence-corrected chi connectivity index (χ2v) is 4.37. The number of carbonyl (C=O) groups is 1. The van der Waals surface area contributed by atoms with Crippen LogP contribution in [0.4, 0.5) is 0 Å². The van der Waals surface area contributed by atoms with Gasteiger partial charge in [-0.15, -0.1) is 0 Å². The van der Waals surface area contributed by atoms with Crippen molar-refractivity contribution in [3.05, 3.63) is 0 Å². The van der Waals surface area contributed by atoms with Gasteiger partial charge in [0, 0.05) is 0 Å². The molecular formula is C11H21NO2. The van der Waals surface area contributed by atoms with Crippen LogP contribution in [0.15, 0.2) is 0 Å². The maximum absolute atomic E-state index is 11.1. The molecule has 0 aromatic carbocycles. The minimum absolute atomic E-state index is 0.635. The summed E-state index contributed by atoms with van der Waals surface area (Å²) in [5.41, 5.74) is -0.635. The van der Waals surface area contributed by atoms with Crippen molar-refractivity contribution in [1.82, 2.24) is 5.32 Å². The van der Waals surface area contributed by atoms with Crippen molar-refractivity contribution >= 4 is 5.97 Å². The summed E-state index contributed by atoms with van der Waals surface area (Å²) in [6.07, 6.45) is 6.14. The van der Waals surface area contributed by atoms with Gasteiger partial charge in [-0.3, -0.25) is 4.79 Å². The smallest absolute Gasteiger partial charge is 0.323 e. The van der Waals surface area contributed by atoms with E-state index in [4.69, 9.17) is 5.11 Å². The van der Waals surface area contributed by atoms with E-state index >= 15 is 0 Å². The summed E-state index contributed by atoms with van der Waals surface area (Å²) in [5, 5.41) is 12.1. The quantitative estimate of drug-likeness (QED) is 0.728. The fourth-order valence-electron chi connectivity index (χ4n) is 2.44. The molecule has 1 fully saturated rings. The van der Waals surface area contributed by atoms with Crippen LogP contribution >= 0.6 is 0 Å². The van der Waals surface area contributed by atoms with E-state index < -0.39 is 11.5 Å². The lowest BCUT2D eigenvalue weighted by Gasteiger charge is -2.36. The third-order valence-corrected chi connectivity index (χ3v) is 3.54. The predicted molar refractivity (Wildman–Crippen MR) is 56.3 cm³/mol. The van der Waals surface area contributed by atoms with E-state index in [2.05, 4.69) is 12.2 Å². The fraction of sp³-hybridized carbons (Fsp3) is 0.909. The van der Waals surface area contributed by atoms with Crippen molar-refractivity contribution in [1.29, 1.82) is 0 Å². The zero-order chi connectivity index (χ0) is 10.6. The van der Waals surface area contributed by atoms with Gasteiger partial charge in [-0.25, -0.2) is 0 Å². The molecule has 3 nitrogen and oxygen atoms in total. The summed E-state index contributed by atoms with van der Waals surface area (Å²) in [6.45, 7) is 2.19. The summed E-state index contributed by atoms with van der Waals surface area (Å²) in [7, 11) is 1.76. The van der Waals surface area contributed by atoms with Crippen molar-refractivity contribution in [3.63, 3.8) is 0 Å². The molecule has 2 N–H and O–H groups in total. The first-order chi connectivity index (χ1) is 6.64. The molecule has 0 aromatic rings. The highest BCUT2D eigenvalue weighted by Crippen LogP contribution is 2.34. The summed E-state index contributed by atoms with van der Waals surface area (Å²) in [5.74, 6) is 0.0655.